The van der Waals surface area contributed by atoms with Crippen LogP contribution >= 0.6 is 11.6 Å². The first kappa shape index (κ1) is 22.1. The molecule has 5 nitrogen and oxygen atoms in total. The van der Waals surface area contributed by atoms with Crippen LogP contribution in [0.25, 0.3) is 0 Å². The lowest BCUT2D eigenvalue weighted by atomic mass is 10.0. The van der Waals surface area contributed by atoms with E-state index in [1.807, 2.05) is 30.6 Å². The molecule has 1 aromatic carbocycles. The minimum Gasteiger partial charge on any atom is -0.489 e. The van der Waals surface area contributed by atoms with Gasteiger partial charge in [0.05, 0.1) is 5.02 Å². The van der Waals surface area contributed by atoms with Gasteiger partial charge < -0.3 is 15.0 Å². The highest BCUT2D eigenvalue weighted by Gasteiger charge is 2.25. The van der Waals surface area contributed by atoms with E-state index in [1.54, 1.807) is 6.07 Å². The Kier molecular flexibility index (Phi) is 7.46. The number of carbonyl (C=O) groups excluding carboxylic acids is 1. The lowest BCUT2D eigenvalue weighted by Gasteiger charge is -2.36. The molecule has 0 spiro atoms. The minimum atomic E-state index is -0.0451. The molecule has 1 aromatic heterocycles. The molecule has 31 heavy (non-hydrogen) atoms. The Labute approximate surface area is 190 Å². The van der Waals surface area contributed by atoms with Gasteiger partial charge in [0.2, 0.25) is 0 Å². The second-order valence-corrected chi connectivity index (χ2v) is 9.27. The van der Waals surface area contributed by atoms with Crippen LogP contribution in [0.5, 0.6) is 5.75 Å². The molecule has 2 heterocycles. The van der Waals surface area contributed by atoms with Crippen molar-refractivity contribution in [3.8, 4) is 5.75 Å². The molecule has 1 aliphatic heterocycles. The van der Waals surface area contributed by atoms with Crippen LogP contribution in [0.2, 0.25) is 5.02 Å². The molecule has 0 radical (unpaired) electrons. The zero-order valence-corrected chi connectivity index (χ0v) is 19.0. The molecule has 1 unspecified atom stereocenters. The van der Waals surface area contributed by atoms with Gasteiger partial charge in [0, 0.05) is 43.1 Å². The van der Waals surface area contributed by atoms with Gasteiger partial charge in [-0.1, -0.05) is 30.5 Å². The third-order valence-electron chi connectivity index (χ3n) is 6.53. The molecular weight excluding hydrogens is 410 g/mol. The highest BCUT2D eigenvalue weighted by Crippen LogP contribution is 2.29. The van der Waals surface area contributed by atoms with E-state index in [-0.39, 0.29) is 12.0 Å². The lowest BCUT2D eigenvalue weighted by molar-refractivity contribution is 0.0799. The number of benzene rings is 1. The molecular formula is C25H32ClN3O2. The quantitative estimate of drug-likeness (QED) is 0.665. The van der Waals surface area contributed by atoms with Gasteiger partial charge in [-0.2, -0.15) is 0 Å². The van der Waals surface area contributed by atoms with Crippen LogP contribution in [0.3, 0.4) is 0 Å². The number of ether oxygens (including phenoxy) is 1. The Hall–Kier alpha value is -2.11. The topological polar surface area (TPSA) is 54.5 Å². The standard InChI is InChI=1S/C25H32ClN3O2/c1-18(15-19-5-4-12-27-17-19)29-13-10-22(11-14-29)31-24-9-8-20(16-23(24)26)25(30)28-21-6-2-3-7-21/h4-5,8-9,12,16-18,21-22H,2-3,6-7,10-11,13-15H2,1H3,(H,28,30). The monoisotopic (exact) mass is 441 g/mol. The average molecular weight is 442 g/mol. The number of hydrogen-bond acceptors (Lipinski definition) is 4. The van der Waals surface area contributed by atoms with E-state index in [9.17, 15) is 4.79 Å². The normalized spacial score (nSPS) is 19.3. The summed E-state index contributed by atoms with van der Waals surface area (Å²) in [6.07, 6.45) is 11.4. The van der Waals surface area contributed by atoms with E-state index in [0.717, 1.165) is 45.2 Å². The maximum absolute atomic E-state index is 12.5. The molecule has 2 fully saturated rings. The molecule has 1 amide bonds. The van der Waals surface area contributed by atoms with Gasteiger partial charge >= 0.3 is 0 Å². The van der Waals surface area contributed by atoms with Gasteiger partial charge in [0.25, 0.3) is 5.91 Å². The van der Waals surface area contributed by atoms with Crippen molar-refractivity contribution >= 4 is 17.5 Å². The number of pyridine rings is 1. The summed E-state index contributed by atoms with van der Waals surface area (Å²) in [5.41, 5.74) is 1.88. The van der Waals surface area contributed by atoms with Gasteiger partial charge in [-0.15, -0.1) is 0 Å². The van der Waals surface area contributed by atoms with Crippen molar-refractivity contribution in [2.24, 2.45) is 0 Å². The van der Waals surface area contributed by atoms with E-state index in [4.69, 9.17) is 16.3 Å². The number of aromatic nitrogens is 1. The van der Waals surface area contributed by atoms with Gasteiger partial charge in [0.15, 0.2) is 0 Å². The highest BCUT2D eigenvalue weighted by atomic mass is 35.5. The Balaban J connectivity index is 1.26. The first-order valence-corrected chi connectivity index (χ1v) is 11.9. The number of carbonyl (C=O) groups is 1. The first-order valence-electron chi connectivity index (χ1n) is 11.5. The Bertz CT molecular complexity index is 862. The molecule has 2 aliphatic rings. The molecule has 4 rings (SSSR count). The predicted molar refractivity (Wildman–Crippen MR) is 124 cm³/mol. The maximum atomic E-state index is 12.5. The number of halogens is 1. The first-order chi connectivity index (χ1) is 15.1. The van der Waals surface area contributed by atoms with Crippen molar-refractivity contribution in [2.45, 2.75) is 70.1 Å². The van der Waals surface area contributed by atoms with E-state index < -0.39 is 0 Å². The summed E-state index contributed by atoms with van der Waals surface area (Å²) < 4.78 is 6.20. The smallest absolute Gasteiger partial charge is 0.251 e. The molecule has 6 heteroatoms. The number of nitrogens with one attached hydrogen (secondary N) is 1. The van der Waals surface area contributed by atoms with E-state index in [2.05, 4.69) is 28.2 Å². The van der Waals surface area contributed by atoms with E-state index in [0.29, 0.717) is 28.4 Å². The fourth-order valence-electron chi connectivity index (χ4n) is 4.68. The van der Waals surface area contributed by atoms with Gasteiger partial charge in [-0.05, 0) is 68.9 Å². The summed E-state index contributed by atoms with van der Waals surface area (Å²) in [6, 6.07) is 10.3. The number of rotatable bonds is 7. The fraction of sp³-hybridized carbons (Fsp3) is 0.520. The zero-order chi connectivity index (χ0) is 21.6. The summed E-state index contributed by atoms with van der Waals surface area (Å²) in [6.45, 7) is 4.29. The van der Waals surface area contributed by atoms with E-state index >= 15 is 0 Å². The molecule has 1 N–H and O–H groups in total. The summed E-state index contributed by atoms with van der Waals surface area (Å²) >= 11 is 6.46. The SMILES string of the molecule is CC(Cc1cccnc1)N1CCC(Oc2ccc(C(=O)NC3CCCC3)cc2Cl)CC1. The van der Waals surface area contributed by atoms with Crippen molar-refractivity contribution in [2.75, 3.05) is 13.1 Å². The number of amides is 1. The third-order valence-corrected chi connectivity index (χ3v) is 6.83. The number of hydrogen-bond donors (Lipinski definition) is 1. The third kappa shape index (κ3) is 5.98. The second-order valence-electron chi connectivity index (χ2n) is 8.87. The summed E-state index contributed by atoms with van der Waals surface area (Å²) in [5, 5.41) is 3.61. The van der Waals surface area contributed by atoms with Gasteiger partial charge in [-0.25, -0.2) is 0 Å². The van der Waals surface area contributed by atoms with Crippen molar-refractivity contribution in [1.82, 2.24) is 15.2 Å². The molecule has 2 aromatic rings. The van der Waals surface area contributed by atoms with Crippen LogP contribution in [0.15, 0.2) is 42.7 Å². The molecule has 1 saturated carbocycles. The van der Waals surface area contributed by atoms with E-state index in [1.165, 1.54) is 18.4 Å². The number of likely N-dealkylation sites (tertiary alicyclic amines) is 1. The van der Waals surface area contributed by atoms with Crippen molar-refractivity contribution in [1.29, 1.82) is 0 Å². The summed E-state index contributed by atoms with van der Waals surface area (Å²) in [5.74, 6) is 0.622. The van der Waals surface area contributed by atoms with Crippen molar-refractivity contribution < 1.29 is 9.53 Å². The molecule has 166 valence electrons. The highest BCUT2D eigenvalue weighted by molar-refractivity contribution is 6.32. The van der Waals surface area contributed by atoms with Gasteiger partial charge in [0.1, 0.15) is 11.9 Å². The number of piperidine rings is 1. The molecule has 0 bridgehead atoms. The largest absolute Gasteiger partial charge is 0.489 e. The zero-order valence-electron chi connectivity index (χ0n) is 18.2. The Morgan fingerprint density at radius 1 is 1.23 bits per heavy atom. The second kappa shape index (κ2) is 10.5. The predicted octanol–water partition coefficient (Wildman–Crippen LogP) is 4.88. The molecule has 1 atom stereocenters. The average Bonchev–Trinajstić information content (AvgIpc) is 3.29. The van der Waals surface area contributed by atoms with Crippen LogP contribution in [0, 0.1) is 0 Å². The summed E-state index contributed by atoms with van der Waals surface area (Å²) in [4.78, 5) is 19.2. The fourth-order valence-corrected chi connectivity index (χ4v) is 4.90. The minimum absolute atomic E-state index is 0.0451. The van der Waals surface area contributed by atoms with Crippen molar-refractivity contribution in [3.05, 3.63) is 58.9 Å². The Morgan fingerprint density at radius 2 is 2.00 bits per heavy atom. The lowest BCUT2D eigenvalue weighted by Crippen LogP contribution is -2.43. The van der Waals surface area contributed by atoms with Crippen LogP contribution in [0.1, 0.15) is 61.4 Å². The Morgan fingerprint density at radius 3 is 2.68 bits per heavy atom. The van der Waals surface area contributed by atoms with Crippen LogP contribution < -0.4 is 10.1 Å². The molecule has 1 aliphatic carbocycles. The molecule has 1 saturated heterocycles. The van der Waals surface area contributed by atoms with Gasteiger partial charge in [-0.3, -0.25) is 9.78 Å². The summed E-state index contributed by atoms with van der Waals surface area (Å²) in [7, 11) is 0. The van der Waals surface area contributed by atoms with Crippen LogP contribution in [0.4, 0.5) is 0 Å². The van der Waals surface area contributed by atoms with Crippen molar-refractivity contribution in [3.63, 3.8) is 0 Å². The maximum Gasteiger partial charge on any atom is 0.251 e. The number of nitrogens with zero attached hydrogens (tertiary/aromatic N) is 2. The van der Waals surface area contributed by atoms with Crippen LogP contribution in [-0.2, 0) is 6.42 Å². The van der Waals surface area contributed by atoms with Crippen LogP contribution in [-0.4, -0.2) is 47.1 Å².